The highest BCUT2D eigenvalue weighted by Gasteiger charge is 2.30. The topological polar surface area (TPSA) is 82.5 Å². The quantitative estimate of drug-likeness (QED) is 0.239. The Bertz CT molecular complexity index is 674. The molecule has 0 aliphatic carbocycles. The highest BCUT2D eigenvalue weighted by Crippen LogP contribution is 2.25. The maximum atomic E-state index is 12.8. The third kappa shape index (κ3) is 7.11. The Morgan fingerprint density at radius 1 is 1.40 bits per heavy atom. The first kappa shape index (κ1) is 24.4. The zero-order chi connectivity index (χ0) is 21.9. The molecule has 0 spiro atoms. The lowest BCUT2D eigenvalue weighted by Crippen LogP contribution is -2.40. The van der Waals surface area contributed by atoms with Gasteiger partial charge in [0.25, 0.3) is 0 Å². The number of carbonyl (C=O) groups is 1. The van der Waals surface area contributed by atoms with E-state index in [9.17, 15) is 13.7 Å². The van der Waals surface area contributed by atoms with E-state index in [1.54, 1.807) is 23.1 Å². The lowest BCUT2D eigenvalue weighted by atomic mass is 10.0. The van der Waals surface area contributed by atoms with Crippen LogP contribution < -0.4 is 5.32 Å². The minimum atomic E-state index is -1.14. The number of alkyl halides is 1. The van der Waals surface area contributed by atoms with Crippen LogP contribution in [0.1, 0.15) is 19.3 Å². The van der Waals surface area contributed by atoms with Crippen LogP contribution >= 0.6 is 0 Å². The average Bonchev–Trinajstić information content (AvgIpc) is 3.12. The second kappa shape index (κ2) is 12.7. The van der Waals surface area contributed by atoms with Crippen molar-refractivity contribution in [2.24, 2.45) is 5.92 Å². The van der Waals surface area contributed by atoms with E-state index in [1.807, 2.05) is 6.08 Å². The van der Waals surface area contributed by atoms with Crippen LogP contribution in [0.2, 0.25) is 0 Å². The first-order chi connectivity index (χ1) is 14.5. The highest BCUT2D eigenvalue weighted by molar-refractivity contribution is 7.96. The van der Waals surface area contributed by atoms with E-state index < -0.39 is 11.2 Å². The van der Waals surface area contributed by atoms with E-state index in [-0.39, 0.29) is 23.9 Å². The Morgan fingerprint density at radius 2 is 2.13 bits per heavy atom. The highest BCUT2D eigenvalue weighted by atomic mass is 32.2. The number of hydrogen-bond donors (Lipinski definition) is 2. The molecule has 0 saturated carbocycles. The molecule has 2 amide bonds. The van der Waals surface area contributed by atoms with Gasteiger partial charge in [0, 0.05) is 58.0 Å². The van der Waals surface area contributed by atoms with Crippen molar-refractivity contribution in [3.63, 3.8) is 0 Å². The predicted molar refractivity (Wildman–Crippen MR) is 122 cm³/mol. The fourth-order valence-corrected chi connectivity index (χ4v) is 5.14. The summed E-state index contributed by atoms with van der Waals surface area (Å²) < 4.78 is 25.2. The Labute approximate surface area is 182 Å². The number of likely N-dealkylation sites (tertiary alicyclic amines) is 2. The summed E-state index contributed by atoms with van der Waals surface area (Å²) in [5.41, 5.74) is 0.987. The molecular formula is C22H33FN4O2S. The molecule has 0 aromatic rings. The van der Waals surface area contributed by atoms with Gasteiger partial charge >= 0.3 is 6.03 Å². The molecule has 2 N–H and O–H groups in total. The summed E-state index contributed by atoms with van der Waals surface area (Å²) in [7, 11) is 0. The van der Waals surface area contributed by atoms with Gasteiger partial charge in [0.15, 0.2) is 4.91 Å². The average molecular weight is 437 g/mol. The molecule has 0 radical (unpaired) electrons. The van der Waals surface area contributed by atoms with Crippen molar-refractivity contribution in [1.29, 1.82) is 5.41 Å². The Balaban J connectivity index is 1.76. The van der Waals surface area contributed by atoms with Crippen molar-refractivity contribution in [3.05, 3.63) is 47.9 Å². The van der Waals surface area contributed by atoms with Gasteiger partial charge in [-0.25, -0.2) is 9.18 Å². The van der Waals surface area contributed by atoms with Gasteiger partial charge in [0.2, 0.25) is 0 Å². The SMILES string of the molecule is C=C/C(=C\C=C\CNC(=O)N1CC(=C)C(CC=N)C1)[S+]([O-])C1CCN(CCF)CC1. The Morgan fingerprint density at radius 3 is 2.77 bits per heavy atom. The van der Waals surface area contributed by atoms with Crippen LogP contribution in [-0.4, -0.2) is 77.8 Å². The number of nitrogens with zero attached hydrogens (tertiary/aromatic N) is 2. The van der Waals surface area contributed by atoms with Gasteiger partial charge in [-0.2, -0.15) is 0 Å². The number of hydrogen-bond acceptors (Lipinski definition) is 4. The lowest BCUT2D eigenvalue weighted by molar-refractivity contribution is 0.208. The molecule has 2 saturated heterocycles. The molecule has 6 nitrogen and oxygen atoms in total. The third-order valence-corrected chi connectivity index (χ3v) is 7.39. The summed E-state index contributed by atoms with van der Waals surface area (Å²) in [6, 6.07) is -0.148. The molecule has 2 rings (SSSR count). The van der Waals surface area contributed by atoms with Crippen LogP contribution in [0.5, 0.6) is 0 Å². The zero-order valence-corrected chi connectivity index (χ0v) is 18.3. The van der Waals surface area contributed by atoms with E-state index in [0.29, 0.717) is 37.5 Å². The molecule has 2 unspecified atom stereocenters. The molecule has 2 fully saturated rings. The summed E-state index contributed by atoms with van der Waals surface area (Å²) in [6.45, 7) is 10.9. The first-order valence-corrected chi connectivity index (χ1v) is 11.6. The van der Waals surface area contributed by atoms with Gasteiger partial charge in [0.1, 0.15) is 11.9 Å². The van der Waals surface area contributed by atoms with E-state index in [1.165, 1.54) is 6.21 Å². The van der Waals surface area contributed by atoms with E-state index in [4.69, 9.17) is 5.41 Å². The standard InChI is InChI=1S/C22H33FN4O2S/c1-3-20(30(29)21-8-13-26(14-9-21)15-10-23)6-4-5-12-25-22(28)27-16-18(2)19(17-27)7-11-24/h3-6,11,19,21,24H,1-2,7-10,12-17H2,(H,25,28)/b5-4+,20-6+,24-11?. The first-order valence-electron chi connectivity index (χ1n) is 10.4. The number of nitrogens with one attached hydrogen (secondary N) is 2. The minimum absolute atomic E-state index is 0.0652. The fraction of sp³-hybridized carbons (Fsp3) is 0.545. The number of amides is 2. The van der Waals surface area contributed by atoms with Crippen molar-refractivity contribution in [1.82, 2.24) is 15.1 Å². The largest absolute Gasteiger partial charge is 0.611 e. The maximum absolute atomic E-state index is 12.8. The minimum Gasteiger partial charge on any atom is -0.611 e. The summed E-state index contributed by atoms with van der Waals surface area (Å²) in [5, 5.41) is 10.1. The molecule has 2 aliphatic heterocycles. The smallest absolute Gasteiger partial charge is 0.317 e. The molecular weight excluding hydrogens is 403 g/mol. The van der Waals surface area contributed by atoms with Crippen molar-refractivity contribution in [2.45, 2.75) is 24.5 Å². The Hall–Kier alpha value is -1.90. The number of allylic oxidation sites excluding steroid dienone is 3. The number of urea groups is 1. The van der Waals surface area contributed by atoms with Crippen molar-refractivity contribution in [2.75, 3.05) is 45.9 Å². The molecule has 0 aromatic heterocycles. The van der Waals surface area contributed by atoms with Gasteiger partial charge < -0.3 is 25.1 Å². The lowest BCUT2D eigenvalue weighted by Gasteiger charge is -2.32. The summed E-state index contributed by atoms with van der Waals surface area (Å²) in [4.78, 5) is 16.7. The predicted octanol–water partition coefficient (Wildman–Crippen LogP) is 3.03. The number of halogens is 1. The third-order valence-electron chi connectivity index (χ3n) is 5.54. The molecule has 2 atom stereocenters. The van der Waals surface area contributed by atoms with E-state index in [2.05, 4.69) is 23.4 Å². The van der Waals surface area contributed by atoms with Crippen LogP contribution in [0, 0.1) is 11.3 Å². The molecule has 2 heterocycles. The summed E-state index contributed by atoms with van der Waals surface area (Å²) >= 11 is -1.14. The molecule has 166 valence electrons. The molecule has 30 heavy (non-hydrogen) atoms. The molecule has 2 aliphatic rings. The molecule has 0 aromatic carbocycles. The van der Waals surface area contributed by atoms with Crippen LogP contribution in [-0.2, 0) is 11.2 Å². The normalized spacial score (nSPS) is 22.5. The fourth-order valence-electron chi connectivity index (χ4n) is 3.74. The zero-order valence-electron chi connectivity index (χ0n) is 17.5. The van der Waals surface area contributed by atoms with Crippen LogP contribution in [0.25, 0.3) is 0 Å². The van der Waals surface area contributed by atoms with Gasteiger partial charge in [-0.15, -0.1) is 0 Å². The number of carbonyl (C=O) groups excluding carboxylic acids is 1. The van der Waals surface area contributed by atoms with Crippen molar-refractivity contribution >= 4 is 23.4 Å². The molecule has 0 bridgehead atoms. The van der Waals surface area contributed by atoms with Gasteiger partial charge in [-0.3, -0.25) is 0 Å². The number of piperidine rings is 1. The van der Waals surface area contributed by atoms with Crippen LogP contribution in [0.15, 0.2) is 47.9 Å². The van der Waals surface area contributed by atoms with Crippen LogP contribution in [0.3, 0.4) is 0 Å². The van der Waals surface area contributed by atoms with Gasteiger partial charge in [-0.05, 0) is 36.0 Å². The number of rotatable bonds is 10. The second-order valence-corrected chi connectivity index (χ2v) is 9.32. The van der Waals surface area contributed by atoms with Crippen molar-refractivity contribution in [3.8, 4) is 0 Å². The Kier molecular flexibility index (Phi) is 10.3. The summed E-state index contributed by atoms with van der Waals surface area (Å²) in [5.74, 6) is 0.167. The van der Waals surface area contributed by atoms with E-state index in [0.717, 1.165) is 31.5 Å². The van der Waals surface area contributed by atoms with E-state index >= 15 is 0 Å². The maximum Gasteiger partial charge on any atom is 0.317 e. The monoisotopic (exact) mass is 436 g/mol. The summed E-state index contributed by atoms with van der Waals surface area (Å²) in [6.07, 6.45) is 10.5. The second-order valence-electron chi connectivity index (χ2n) is 7.59. The van der Waals surface area contributed by atoms with Crippen molar-refractivity contribution < 1.29 is 13.7 Å². The molecule has 8 heteroatoms. The van der Waals surface area contributed by atoms with Gasteiger partial charge in [-0.1, -0.05) is 30.9 Å². The van der Waals surface area contributed by atoms with Gasteiger partial charge in [0.05, 0.1) is 0 Å². The van der Waals surface area contributed by atoms with Crippen LogP contribution in [0.4, 0.5) is 9.18 Å².